The second-order valence-electron chi connectivity index (χ2n) is 6.54. The first-order valence-corrected chi connectivity index (χ1v) is 8.38. The maximum absolute atomic E-state index is 10.6. The standard InChI is InChI=1S/C20H20N4O2/c1-11-4-6-13-14(8-11)23-20(22-13)18-16(25)10-24(19(18)21)15-9-12(2)5-7-17(15)26-3/h4-9,21,25H,10H2,1-3H3,(H,22,23). The highest BCUT2D eigenvalue weighted by molar-refractivity contribution is 6.30. The molecule has 1 aliphatic heterocycles. The van der Waals surface area contributed by atoms with Gasteiger partial charge in [-0.05, 0) is 49.2 Å². The van der Waals surface area contributed by atoms with E-state index >= 15 is 0 Å². The first kappa shape index (κ1) is 16.2. The number of fused-ring (bicyclic) bond motifs is 1. The molecular weight excluding hydrogens is 328 g/mol. The number of hydrogen-bond donors (Lipinski definition) is 3. The van der Waals surface area contributed by atoms with Gasteiger partial charge in [-0.3, -0.25) is 5.41 Å². The van der Waals surface area contributed by atoms with Gasteiger partial charge in [0.25, 0.3) is 0 Å². The molecule has 0 saturated carbocycles. The number of aliphatic hydroxyl groups is 1. The highest BCUT2D eigenvalue weighted by Gasteiger charge is 2.32. The van der Waals surface area contributed by atoms with Crippen LogP contribution in [0.15, 0.2) is 42.2 Å². The molecule has 2 heterocycles. The number of aromatic nitrogens is 2. The van der Waals surface area contributed by atoms with Crippen molar-refractivity contribution in [3.8, 4) is 5.75 Å². The van der Waals surface area contributed by atoms with E-state index in [1.807, 2.05) is 50.2 Å². The lowest BCUT2D eigenvalue weighted by Crippen LogP contribution is -2.26. The lowest BCUT2D eigenvalue weighted by atomic mass is 10.2. The van der Waals surface area contributed by atoms with Gasteiger partial charge in [-0.15, -0.1) is 0 Å². The minimum Gasteiger partial charge on any atom is -0.509 e. The molecular formula is C20H20N4O2. The molecule has 0 amide bonds. The number of aliphatic hydroxyl groups excluding tert-OH is 1. The third kappa shape index (κ3) is 2.50. The summed E-state index contributed by atoms with van der Waals surface area (Å²) in [6.07, 6.45) is 0. The monoisotopic (exact) mass is 348 g/mol. The molecule has 26 heavy (non-hydrogen) atoms. The van der Waals surface area contributed by atoms with Gasteiger partial charge in [0.15, 0.2) is 0 Å². The summed E-state index contributed by atoms with van der Waals surface area (Å²) in [5.41, 5.74) is 5.05. The van der Waals surface area contributed by atoms with E-state index in [0.717, 1.165) is 27.8 Å². The van der Waals surface area contributed by atoms with Gasteiger partial charge < -0.3 is 19.7 Å². The van der Waals surface area contributed by atoms with E-state index in [0.29, 0.717) is 17.1 Å². The normalized spacial score (nSPS) is 14.6. The number of aromatic amines is 1. The van der Waals surface area contributed by atoms with E-state index in [4.69, 9.17) is 10.1 Å². The highest BCUT2D eigenvalue weighted by Crippen LogP contribution is 2.36. The Morgan fingerprint density at radius 3 is 2.65 bits per heavy atom. The Morgan fingerprint density at radius 2 is 1.88 bits per heavy atom. The highest BCUT2D eigenvalue weighted by atomic mass is 16.5. The van der Waals surface area contributed by atoms with Gasteiger partial charge in [0.1, 0.15) is 23.2 Å². The molecule has 0 unspecified atom stereocenters. The van der Waals surface area contributed by atoms with E-state index < -0.39 is 0 Å². The van der Waals surface area contributed by atoms with Gasteiger partial charge in [0.2, 0.25) is 0 Å². The molecule has 0 bridgehead atoms. The summed E-state index contributed by atoms with van der Waals surface area (Å²) in [7, 11) is 1.60. The largest absolute Gasteiger partial charge is 0.509 e. The molecule has 6 nitrogen and oxygen atoms in total. The van der Waals surface area contributed by atoms with Gasteiger partial charge >= 0.3 is 0 Å². The molecule has 0 radical (unpaired) electrons. The smallest absolute Gasteiger partial charge is 0.145 e. The Bertz CT molecular complexity index is 1060. The van der Waals surface area contributed by atoms with Gasteiger partial charge in [0, 0.05) is 0 Å². The summed E-state index contributed by atoms with van der Waals surface area (Å²) < 4.78 is 5.44. The number of hydrogen-bond acceptors (Lipinski definition) is 4. The van der Waals surface area contributed by atoms with Crippen LogP contribution in [0.1, 0.15) is 17.0 Å². The predicted octanol–water partition coefficient (Wildman–Crippen LogP) is 3.95. The van der Waals surface area contributed by atoms with Crippen LogP contribution < -0.4 is 9.64 Å². The van der Waals surface area contributed by atoms with Crippen molar-refractivity contribution in [2.75, 3.05) is 18.6 Å². The number of benzene rings is 2. The molecule has 1 aromatic heterocycles. The van der Waals surface area contributed by atoms with E-state index in [9.17, 15) is 5.11 Å². The maximum atomic E-state index is 10.6. The summed E-state index contributed by atoms with van der Waals surface area (Å²) in [6, 6.07) is 11.7. The van der Waals surface area contributed by atoms with Crippen LogP contribution in [0.4, 0.5) is 5.69 Å². The average molecular weight is 348 g/mol. The van der Waals surface area contributed by atoms with Crippen LogP contribution in [0, 0.1) is 19.3 Å². The van der Waals surface area contributed by atoms with Crippen LogP contribution in [0.5, 0.6) is 5.75 Å². The predicted molar refractivity (Wildman–Crippen MR) is 103 cm³/mol. The fourth-order valence-electron chi connectivity index (χ4n) is 3.29. The van der Waals surface area contributed by atoms with Gasteiger partial charge in [-0.1, -0.05) is 12.1 Å². The number of rotatable bonds is 3. The zero-order valence-electron chi connectivity index (χ0n) is 14.9. The van der Waals surface area contributed by atoms with E-state index in [1.54, 1.807) is 12.0 Å². The van der Waals surface area contributed by atoms with E-state index in [1.165, 1.54) is 0 Å². The quantitative estimate of drug-likeness (QED) is 0.669. The molecule has 3 aromatic rings. The number of aryl methyl sites for hydroxylation is 2. The Hall–Kier alpha value is -3.28. The van der Waals surface area contributed by atoms with Crippen molar-refractivity contribution < 1.29 is 9.84 Å². The first-order chi connectivity index (χ1) is 12.5. The van der Waals surface area contributed by atoms with Gasteiger partial charge in [-0.25, -0.2) is 4.98 Å². The van der Waals surface area contributed by atoms with Crippen LogP contribution in [0.3, 0.4) is 0 Å². The van der Waals surface area contributed by atoms with E-state index in [2.05, 4.69) is 9.97 Å². The number of amidine groups is 1. The van der Waals surface area contributed by atoms with Gasteiger partial charge in [0.05, 0.1) is 35.9 Å². The van der Waals surface area contributed by atoms with Crippen LogP contribution >= 0.6 is 0 Å². The number of imidazole rings is 1. The van der Waals surface area contributed by atoms with Crippen molar-refractivity contribution in [3.05, 3.63) is 59.1 Å². The second-order valence-corrected chi connectivity index (χ2v) is 6.54. The Balaban J connectivity index is 1.76. The lowest BCUT2D eigenvalue weighted by Gasteiger charge is -2.21. The third-order valence-electron chi connectivity index (χ3n) is 4.60. The van der Waals surface area contributed by atoms with Crippen molar-refractivity contribution in [3.63, 3.8) is 0 Å². The van der Waals surface area contributed by atoms with Crippen LogP contribution in [0.25, 0.3) is 16.6 Å². The van der Waals surface area contributed by atoms with Crippen LogP contribution in [-0.2, 0) is 0 Å². The summed E-state index contributed by atoms with van der Waals surface area (Å²) in [6.45, 7) is 4.21. The molecule has 4 rings (SSSR count). The van der Waals surface area contributed by atoms with Crippen molar-refractivity contribution in [2.45, 2.75) is 13.8 Å². The molecule has 2 aromatic carbocycles. The zero-order valence-corrected chi connectivity index (χ0v) is 14.9. The van der Waals surface area contributed by atoms with Crippen molar-refractivity contribution in [1.82, 2.24) is 9.97 Å². The summed E-state index contributed by atoms with van der Waals surface area (Å²) in [5, 5.41) is 19.2. The zero-order chi connectivity index (χ0) is 18.4. The Labute approximate surface area is 151 Å². The number of ether oxygens (including phenoxy) is 1. The number of H-pyrrole nitrogens is 1. The molecule has 0 atom stereocenters. The minimum atomic E-state index is 0.120. The van der Waals surface area contributed by atoms with Crippen molar-refractivity contribution >= 4 is 28.1 Å². The Morgan fingerprint density at radius 1 is 1.15 bits per heavy atom. The lowest BCUT2D eigenvalue weighted by molar-refractivity contribution is 0.406. The molecule has 0 fully saturated rings. The van der Waals surface area contributed by atoms with Crippen molar-refractivity contribution in [1.29, 1.82) is 5.41 Å². The number of nitrogens with zero attached hydrogens (tertiary/aromatic N) is 2. The fraction of sp³-hybridized carbons (Fsp3) is 0.200. The summed E-state index contributed by atoms with van der Waals surface area (Å²) in [4.78, 5) is 9.51. The van der Waals surface area contributed by atoms with Crippen molar-refractivity contribution in [2.24, 2.45) is 0 Å². The fourth-order valence-corrected chi connectivity index (χ4v) is 3.29. The van der Waals surface area contributed by atoms with Gasteiger partial charge in [-0.2, -0.15) is 0 Å². The number of methoxy groups -OCH3 is 1. The molecule has 132 valence electrons. The Kier molecular flexibility index (Phi) is 3.68. The number of anilines is 1. The van der Waals surface area contributed by atoms with E-state index in [-0.39, 0.29) is 18.1 Å². The molecule has 3 N–H and O–H groups in total. The average Bonchev–Trinajstić information content (AvgIpc) is 3.14. The molecule has 0 aliphatic carbocycles. The third-order valence-corrected chi connectivity index (χ3v) is 4.60. The SMILES string of the molecule is COc1ccc(C)cc1N1CC(O)=C(c2nc3ccc(C)cc3[nH]2)C1=N. The number of nitrogens with one attached hydrogen (secondary N) is 2. The molecule has 1 aliphatic rings. The minimum absolute atomic E-state index is 0.120. The topological polar surface area (TPSA) is 85.2 Å². The second kappa shape index (κ2) is 5.91. The molecule has 6 heteroatoms. The first-order valence-electron chi connectivity index (χ1n) is 8.38. The maximum Gasteiger partial charge on any atom is 0.145 e. The van der Waals surface area contributed by atoms with Crippen LogP contribution in [-0.4, -0.2) is 34.6 Å². The summed E-state index contributed by atoms with van der Waals surface area (Å²) >= 11 is 0. The summed E-state index contributed by atoms with van der Waals surface area (Å²) in [5.74, 6) is 1.48. The van der Waals surface area contributed by atoms with Crippen LogP contribution in [0.2, 0.25) is 0 Å². The molecule has 0 spiro atoms. The molecule has 0 saturated heterocycles.